The third-order valence-corrected chi connectivity index (χ3v) is 4.31. The number of nitrogens with one attached hydrogen (secondary N) is 2. The van der Waals surface area contributed by atoms with Crippen LogP contribution < -0.4 is 10.6 Å². The maximum absolute atomic E-state index is 12.4. The number of amides is 2. The number of benzene rings is 2. The lowest BCUT2D eigenvalue weighted by atomic mass is 10.2. The fourth-order valence-electron chi connectivity index (χ4n) is 2.00. The van der Waals surface area contributed by atoms with E-state index in [1.54, 1.807) is 12.1 Å². The highest BCUT2D eigenvalue weighted by Gasteiger charge is 2.16. The van der Waals surface area contributed by atoms with E-state index < -0.39 is 0 Å². The first-order valence-electron chi connectivity index (χ1n) is 7.36. The highest BCUT2D eigenvalue weighted by molar-refractivity contribution is 8.00. The number of para-hydroxylation sites is 2. The number of carbonyl (C=O) groups excluding carboxylic acids is 2. The van der Waals surface area contributed by atoms with Gasteiger partial charge in [0.25, 0.3) is 0 Å². The molecular weight excluding hydrogens is 308 g/mol. The van der Waals surface area contributed by atoms with Gasteiger partial charge in [0.15, 0.2) is 0 Å². The lowest BCUT2D eigenvalue weighted by Crippen LogP contribution is -2.23. The number of thioether (sulfide) groups is 1. The molecule has 1 atom stereocenters. The summed E-state index contributed by atoms with van der Waals surface area (Å²) in [7, 11) is 0. The number of rotatable bonds is 5. The summed E-state index contributed by atoms with van der Waals surface area (Å²) >= 11 is 1.50. The summed E-state index contributed by atoms with van der Waals surface area (Å²) in [5.41, 5.74) is 2.39. The molecule has 0 radical (unpaired) electrons. The van der Waals surface area contributed by atoms with Crippen LogP contribution in [-0.2, 0) is 9.59 Å². The minimum Gasteiger partial charge on any atom is -0.325 e. The summed E-state index contributed by atoms with van der Waals surface area (Å²) in [4.78, 5) is 24.7. The molecule has 0 saturated carbocycles. The van der Waals surface area contributed by atoms with Gasteiger partial charge in [-0.25, -0.2) is 0 Å². The van der Waals surface area contributed by atoms with Gasteiger partial charge >= 0.3 is 0 Å². The second kappa shape index (κ2) is 7.83. The lowest BCUT2D eigenvalue weighted by molar-refractivity contribution is -0.116. The molecule has 5 heteroatoms. The van der Waals surface area contributed by atoms with Crippen LogP contribution in [0.5, 0.6) is 0 Å². The van der Waals surface area contributed by atoms with Gasteiger partial charge in [0.05, 0.1) is 16.6 Å². The molecule has 4 nitrogen and oxygen atoms in total. The van der Waals surface area contributed by atoms with E-state index in [9.17, 15) is 9.59 Å². The highest BCUT2D eigenvalue weighted by atomic mass is 32.2. The van der Waals surface area contributed by atoms with Crippen LogP contribution in [0.4, 0.5) is 11.4 Å². The first-order chi connectivity index (χ1) is 11.0. The Morgan fingerprint density at radius 2 is 1.52 bits per heavy atom. The second-order valence-electron chi connectivity index (χ2n) is 5.29. The normalized spacial score (nSPS) is 11.6. The maximum Gasteiger partial charge on any atom is 0.237 e. The second-order valence-corrected chi connectivity index (χ2v) is 6.70. The molecule has 120 valence electrons. The molecule has 0 fully saturated rings. The number of carbonyl (C=O) groups is 2. The molecule has 0 aliphatic rings. The zero-order valence-electron chi connectivity index (χ0n) is 13.4. The van der Waals surface area contributed by atoms with Crippen molar-refractivity contribution in [2.45, 2.75) is 30.9 Å². The van der Waals surface area contributed by atoms with Crippen LogP contribution in [0.25, 0.3) is 0 Å². The van der Waals surface area contributed by atoms with Crippen molar-refractivity contribution in [3.05, 3.63) is 54.1 Å². The molecule has 0 unspecified atom stereocenters. The van der Waals surface area contributed by atoms with Gasteiger partial charge in [-0.15, -0.1) is 11.8 Å². The summed E-state index contributed by atoms with van der Waals surface area (Å²) < 4.78 is 0. The van der Waals surface area contributed by atoms with Crippen LogP contribution in [0.3, 0.4) is 0 Å². The van der Waals surface area contributed by atoms with Crippen molar-refractivity contribution in [3.8, 4) is 0 Å². The van der Waals surface area contributed by atoms with E-state index in [0.29, 0.717) is 11.4 Å². The first-order valence-corrected chi connectivity index (χ1v) is 8.24. The molecular formula is C18H20N2O2S. The predicted molar refractivity (Wildman–Crippen MR) is 95.9 cm³/mol. The van der Waals surface area contributed by atoms with Gasteiger partial charge < -0.3 is 10.6 Å². The van der Waals surface area contributed by atoms with Gasteiger partial charge in [-0.3, -0.25) is 9.59 Å². The van der Waals surface area contributed by atoms with E-state index in [0.717, 1.165) is 4.90 Å². The minimum absolute atomic E-state index is 0.103. The monoisotopic (exact) mass is 328 g/mol. The minimum atomic E-state index is -0.247. The number of hydrogen-bond donors (Lipinski definition) is 2. The van der Waals surface area contributed by atoms with Crippen molar-refractivity contribution in [3.63, 3.8) is 0 Å². The topological polar surface area (TPSA) is 58.2 Å². The summed E-state index contributed by atoms with van der Waals surface area (Å²) in [6.07, 6.45) is 0. The van der Waals surface area contributed by atoms with Gasteiger partial charge in [0.2, 0.25) is 11.8 Å². The quantitative estimate of drug-likeness (QED) is 0.813. The van der Waals surface area contributed by atoms with Gasteiger partial charge in [-0.05, 0) is 38.1 Å². The smallest absolute Gasteiger partial charge is 0.237 e. The molecule has 0 aliphatic carbocycles. The van der Waals surface area contributed by atoms with Crippen LogP contribution in [0.1, 0.15) is 19.4 Å². The van der Waals surface area contributed by atoms with E-state index in [1.165, 1.54) is 24.2 Å². The number of aryl methyl sites for hydroxylation is 1. The molecule has 0 heterocycles. The largest absolute Gasteiger partial charge is 0.325 e. The predicted octanol–water partition coefficient (Wildman–Crippen LogP) is 4.07. The Hall–Kier alpha value is -2.27. The molecule has 0 aromatic heterocycles. The molecule has 0 bridgehead atoms. The zero-order chi connectivity index (χ0) is 16.8. The standard InChI is InChI=1S/C18H20N2O2S/c1-12-8-10-15(11-9-12)23-13(2)18(22)20-17-7-5-4-6-16(17)19-14(3)21/h4-11,13H,1-3H3,(H,19,21)(H,20,22)/t13-/m0/s1. The Morgan fingerprint density at radius 3 is 2.09 bits per heavy atom. The Morgan fingerprint density at radius 1 is 0.957 bits per heavy atom. The Labute approximate surface area is 140 Å². The maximum atomic E-state index is 12.4. The van der Waals surface area contributed by atoms with E-state index in [2.05, 4.69) is 10.6 Å². The molecule has 2 amide bonds. The molecule has 2 N–H and O–H groups in total. The van der Waals surface area contributed by atoms with Crippen LogP contribution >= 0.6 is 11.8 Å². The van der Waals surface area contributed by atoms with Crippen molar-refractivity contribution in [2.75, 3.05) is 10.6 Å². The molecule has 2 aromatic rings. The number of hydrogen-bond acceptors (Lipinski definition) is 3. The SMILES string of the molecule is CC(=O)Nc1ccccc1NC(=O)[C@H](C)Sc1ccc(C)cc1. The van der Waals surface area contributed by atoms with Crippen LogP contribution in [0.2, 0.25) is 0 Å². The first kappa shape index (κ1) is 17.1. The average molecular weight is 328 g/mol. The van der Waals surface area contributed by atoms with Crippen molar-refractivity contribution in [1.82, 2.24) is 0 Å². The van der Waals surface area contributed by atoms with Crippen LogP contribution in [0.15, 0.2) is 53.4 Å². The van der Waals surface area contributed by atoms with Crippen molar-refractivity contribution in [1.29, 1.82) is 0 Å². The zero-order valence-corrected chi connectivity index (χ0v) is 14.2. The fourth-order valence-corrected chi connectivity index (χ4v) is 2.87. The van der Waals surface area contributed by atoms with Gasteiger partial charge in [0, 0.05) is 11.8 Å². The van der Waals surface area contributed by atoms with E-state index >= 15 is 0 Å². The molecule has 2 aromatic carbocycles. The molecule has 0 saturated heterocycles. The van der Waals surface area contributed by atoms with E-state index in [4.69, 9.17) is 0 Å². The molecule has 2 rings (SSSR count). The molecule has 0 aliphatic heterocycles. The Bertz CT molecular complexity index is 698. The lowest BCUT2D eigenvalue weighted by Gasteiger charge is -2.15. The fraction of sp³-hybridized carbons (Fsp3) is 0.222. The summed E-state index contributed by atoms with van der Waals surface area (Å²) in [6.45, 7) is 5.33. The highest BCUT2D eigenvalue weighted by Crippen LogP contribution is 2.26. The third kappa shape index (κ3) is 5.14. The van der Waals surface area contributed by atoms with Gasteiger partial charge in [-0.1, -0.05) is 29.8 Å². The van der Waals surface area contributed by atoms with Crippen molar-refractivity contribution >= 4 is 35.0 Å². The van der Waals surface area contributed by atoms with Gasteiger partial charge in [-0.2, -0.15) is 0 Å². The van der Waals surface area contributed by atoms with Crippen molar-refractivity contribution < 1.29 is 9.59 Å². The summed E-state index contributed by atoms with van der Waals surface area (Å²) in [5.74, 6) is -0.276. The molecule has 0 spiro atoms. The van der Waals surface area contributed by atoms with E-state index in [-0.39, 0.29) is 17.1 Å². The number of anilines is 2. The Balaban J connectivity index is 2.03. The Kier molecular flexibility index (Phi) is 5.82. The average Bonchev–Trinajstić information content (AvgIpc) is 2.51. The van der Waals surface area contributed by atoms with Gasteiger partial charge in [0.1, 0.15) is 0 Å². The van der Waals surface area contributed by atoms with Crippen LogP contribution in [0, 0.1) is 6.92 Å². The van der Waals surface area contributed by atoms with E-state index in [1.807, 2.05) is 50.2 Å². The summed E-state index contributed by atoms with van der Waals surface area (Å²) in [6, 6.07) is 15.2. The summed E-state index contributed by atoms with van der Waals surface area (Å²) in [5, 5.41) is 5.34. The van der Waals surface area contributed by atoms with Crippen molar-refractivity contribution in [2.24, 2.45) is 0 Å². The molecule has 23 heavy (non-hydrogen) atoms. The third-order valence-electron chi connectivity index (χ3n) is 3.20. The van der Waals surface area contributed by atoms with Crippen LogP contribution in [-0.4, -0.2) is 17.1 Å².